The van der Waals surface area contributed by atoms with E-state index in [-0.39, 0.29) is 0 Å². The van der Waals surface area contributed by atoms with Gasteiger partial charge in [-0.25, -0.2) is 9.97 Å². The first kappa shape index (κ1) is 9.96. The Bertz CT molecular complexity index is 502. The maximum atomic E-state index is 4.50. The van der Waals surface area contributed by atoms with E-state index in [0.717, 1.165) is 30.2 Å². The molecule has 0 unspecified atom stereocenters. The van der Waals surface area contributed by atoms with Gasteiger partial charge in [-0.05, 0) is 6.92 Å². The third kappa shape index (κ3) is 1.55. The van der Waals surface area contributed by atoms with Gasteiger partial charge in [-0.15, -0.1) is 0 Å². The Hall–Kier alpha value is -1.23. The summed E-state index contributed by atoms with van der Waals surface area (Å²) in [5, 5.41) is 0. The van der Waals surface area contributed by atoms with Crippen LogP contribution in [0.5, 0.6) is 0 Å². The summed E-state index contributed by atoms with van der Waals surface area (Å²) < 4.78 is 2.10. The topological polar surface area (TPSA) is 33.4 Å². The van der Waals surface area contributed by atoms with Crippen LogP contribution in [-0.4, -0.2) is 39.0 Å². The lowest BCUT2D eigenvalue weighted by Crippen LogP contribution is -2.33. The molecule has 0 saturated carbocycles. The molecule has 1 aliphatic rings. The minimum absolute atomic E-state index is 1.02. The van der Waals surface area contributed by atoms with Crippen LogP contribution in [0.3, 0.4) is 0 Å². The standard InChI is InChI=1S/C11H14N4S/c1-9-13-8-10-11(12-2-3-15(9)10)14-4-6-16-7-5-14/h2-3,8H,4-7H2,1H3. The van der Waals surface area contributed by atoms with Gasteiger partial charge in [0, 0.05) is 37.0 Å². The molecule has 0 atom stereocenters. The number of thioether (sulfide) groups is 1. The van der Waals surface area contributed by atoms with E-state index >= 15 is 0 Å². The number of anilines is 1. The van der Waals surface area contributed by atoms with Crippen LogP contribution in [0.4, 0.5) is 5.82 Å². The zero-order valence-corrected chi connectivity index (χ0v) is 10.1. The molecule has 0 radical (unpaired) electrons. The quantitative estimate of drug-likeness (QED) is 0.750. The van der Waals surface area contributed by atoms with Crippen LogP contribution in [0, 0.1) is 6.92 Å². The number of aryl methyl sites for hydroxylation is 1. The van der Waals surface area contributed by atoms with Crippen LogP contribution in [-0.2, 0) is 0 Å². The minimum Gasteiger partial charge on any atom is -0.353 e. The normalized spacial score (nSPS) is 16.9. The molecular weight excluding hydrogens is 220 g/mol. The molecule has 0 N–H and O–H groups in total. The van der Waals surface area contributed by atoms with Crippen LogP contribution in [0.2, 0.25) is 0 Å². The van der Waals surface area contributed by atoms with Gasteiger partial charge < -0.3 is 4.90 Å². The Morgan fingerprint density at radius 2 is 2.06 bits per heavy atom. The monoisotopic (exact) mass is 234 g/mol. The van der Waals surface area contributed by atoms with Crippen molar-refractivity contribution in [1.82, 2.24) is 14.4 Å². The van der Waals surface area contributed by atoms with Crippen LogP contribution >= 0.6 is 11.8 Å². The third-order valence-corrected chi connectivity index (χ3v) is 3.88. The summed E-state index contributed by atoms with van der Waals surface area (Å²) in [5.74, 6) is 4.47. The summed E-state index contributed by atoms with van der Waals surface area (Å²) >= 11 is 2.01. The molecule has 2 aromatic heterocycles. The molecule has 0 spiro atoms. The second kappa shape index (κ2) is 3.97. The Labute approximate surface area is 98.7 Å². The molecule has 0 aromatic carbocycles. The second-order valence-corrected chi connectivity index (χ2v) is 5.14. The van der Waals surface area contributed by atoms with E-state index in [2.05, 4.69) is 19.3 Å². The lowest BCUT2D eigenvalue weighted by Gasteiger charge is -2.27. The largest absolute Gasteiger partial charge is 0.353 e. The van der Waals surface area contributed by atoms with E-state index in [1.807, 2.05) is 37.3 Å². The Balaban J connectivity index is 2.08. The van der Waals surface area contributed by atoms with Crippen LogP contribution < -0.4 is 4.90 Å². The molecule has 1 saturated heterocycles. The predicted molar refractivity (Wildman–Crippen MR) is 67.3 cm³/mol. The highest BCUT2D eigenvalue weighted by atomic mass is 32.2. The van der Waals surface area contributed by atoms with Crippen molar-refractivity contribution in [3.05, 3.63) is 24.4 Å². The van der Waals surface area contributed by atoms with Gasteiger partial charge in [0.15, 0.2) is 5.82 Å². The molecule has 2 aromatic rings. The maximum Gasteiger partial charge on any atom is 0.154 e. The Kier molecular flexibility index (Phi) is 2.47. The number of rotatable bonds is 1. The number of imidazole rings is 1. The van der Waals surface area contributed by atoms with Crippen molar-refractivity contribution in [2.45, 2.75) is 6.92 Å². The zero-order valence-electron chi connectivity index (χ0n) is 9.26. The van der Waals surface area contributed by atoms with Crippen molar-refractivity contribution in [3.63, 3.8) is 0 Å². The number of hydrogen-bond acceptors (Lipinski definition) is 4. The summed E-state index contributed by atoms with van der Waals surface area (Å²) in [6, 6.07) is 0. The van der Waals surface area contributed by atoms with Gasteiger partial charge in [0.2, 0.25) is 0 Å². The smallest absolute Gasteiger partial charge is 0.154 e. The van der Waals surface area contributed by atoms with Gasteiger partial charge in [-0.1, -0.05) is 0 Å². The fraction of sp³-hybridized carbons (Fsp3) is 0.455. The number of hydrogen-bond donors (Lipinski definition) is 0. The summed E-state index contributed by atoms with van der Waals surface area (Å²) in [4.78, 5) is 11.2. The van der Waals surface area contributed by atoms with Gasteiger partial charge in [0.1, 0.15) is 11.3 Å². The molecule has 0 amide bonds. The highest BCUT2D eigenvalue weighted by Gasteiger charge is 2.15. The molecular formula is C11H14N4S. The molecule has 4 nitrogen and oxygen atoms in total. The minimum atomic E-state index is 1.02. The first-order valence-corrected chi connectivity index (χ1v) is 6.63. The van der Waals surface area contributed by atoms with Crippen molar-refractivity contribution in [2.75, 3.05) is 29.5 Å². The van der Waals surface area contributed by atoms with Gasteiger partial charge in [0.25, 0.3) is 0 Å². The lowest BCUT2D eigenvalue weighted by molar-refractivity contribution is 0.837. The van der Waals surface area contributed by atoms with Gasteiger partial charge in [-0.3, -0.25) is 4.40 Å². The van der Waals surface area contributed by atoms with Crippen molar-refractivity contribution >= 4 is 23.1 Å². The first-order valence-electron chi connectivity index (χ1n) is 5.47. The predicted octanol–water partition coefficient (Wildman–Crippen LogP) is 1.59. The molecule has 5 heteroatoms. The Morgan fingerprint density at radius 1 is 1.25 bits per heavy atom. The maximum absolute atomic E-state index is 4.50. The first-order chi connectivity index (χ1) is 7.86. The molecule has 1 aliphatic heterocycles. The molecule has 0 bridgehead atoms. The molecule has 3 rings (SSSR count). The van der Waals surface area contributed by atoms with E-state index in [0.29, 0.717) is 0 Å². The number of aromatic nitrogens is 3. The average Bonchev–Trinajstić information content (AvgIpc) is 2.73. The van der Waals surface area contributed by atoms with Crippen molar-refractivity contribution in [2.24, 2.45) is 0 Å². The van der Waals surface area contributed by atoms with Crippen LogP contribution in [0.1, 0.15) is 5.82 Å². The van der Waals surface area contributed by atoms with Gasteiger partial charge in [-0.2, -0.15) is 11.8 Å². The fourth-order valence-electron chi connectivity index (χ4n) is 2.06. The van der Waals surface area contributed by atoms with E-state index in [4.69, 9.17) is 0 Å². The highest BCUT2D eigenvalue weighted by molar-refractivity contribution is 7.99. The SMILES string of the molecule is Cc1ncc2c(N3CCSCC3)nccn12. The van der Waals surface area contributed by atoms with Crippen LogP contribution in [0.15, 0.2) is 18.6 Å². The summed E-state index contributed by atoms with van der Waals surface area (Å²) in [5.41, 5.74) is 1.12. The van der Waals surface area contributed by atoms with Crippen molar-refractivity contribution in [3.8, 4) is 0 Å². The van der Waals surface area contributed by atoms with Crippen molar-refractivity contribution < 1.29 is 0 Å². The number of nitrogens with zero attached hydrogens (tertiary/aromatic N) is 4. The molecule has 1 fully saturated rings. The molecule has 0 aliphatic carbocycles. The number of fused-ring (bicyclic) bond motifs is 1. The third-order valence-electron chi connectivity index (χ3n) is 2.93. The van der Waals surface area contributed by atoms with Gasteiger partial charge >= 0.3 is 0 Å². The summed E-state index contributed by atoms with van der Waals surface area (Å²) in [7, 11) is 0. The van der Waals surface area contributed by atoms with Gasteiger partial charge in [0.05, 0.1) is 6.20 Å². The zero-order chi connectivity index (χ0) is 11.0. The average molecular weight is 234 g/mol. The lowest BCUT2D eigenvalue weighted by atomic mass is 10.4. The molecule has 84 valence electrons. The van der Waals surface area contributed by atoms with E-state index in [1.165, 1.54) is 11.5 Å². The van der Waals surface area contributed by atoms with Crippen molar-refractivity contribution in [1.29, 1.82) is 0 Å². The molecule has 3 heterocycles. The fourth-order valence-corrected chi connectivity index (χ4v) is 2.97. The second-order valence-electron chi connectivity index (χ2n) is 3.91. The summed E-state index contributed by atoms with van der Waals surface area (Å²) in [6.45, 7) is 4.19. The molecule has 16 heavy (non-hydrogen) atoms. The van der Waals surface area contributed by atoms with Crippen LogP contribution in [0.25, 0.3) is 5.52 Å². The highest BCUT2D eigenvalue weighted by Crippen LogP contribution is 2.22. The van der Waals surface area contributed by atoms with E-state index in [9.17, 15) is 0 Å². The van der Waals surface area contributed by atoms with E-state index in [1.54, 1.807) is 0 Å². The van der Waals surface area contributed by atoms with E-state index < -0.39 is 0 Å². The Morgan fingerprint density at radius 3 is 2.88 bits per heavy atom. The summed E-state index contributed by atoms with van der Waals surface area (Å²) in [6.07, 6.45) is 5.75.